The number of pyridine rings is 1. The quantitative estimate of drug-likeness (QED) is 0.683. The highest BCUT2D eigenvalue weighted by Crippen LogP contribution is 2.15. The van der Waals surface area contributed by atoms with Crippen molar-refractivity contribution in [3.8, 4) is 0 Å². The van der Waals surface area contributed by atoms with E-state index in [1.54, 1.807) is 23.2 Å². The topological polar surface area (TPSA) is 45.2 Å². The number of hydrazine groups is 1. The number of nitrogens with one attached hydrogen (secondary N) is 1. The summed E-state index contributed by atoms with van der Waals surface area (Å²) in [6, 6.07) is 5.30. The lowest BCUT2D eigenvalue weighted by molar-refractivity contribution is -0.119. The minimum Gasteiger partial charge on any atom is -0.273 e. The first-order chi connectivity index (χ1) is 6.25. The average molecular weight is 198 g/mol. The molecular formula is C8H8ClN3O. The second-order valence-corrected chi connectivity index (χ2v) is 3.14. The van der Waals surface area contributed by atoms with E-state index in [-0.39, 0.29) is 5.91 Å². The summed E-state index contributed by atoms with van der Waals surface area (Å²) < 4.78 is 0. The maximum Gasteiger partial charge on any atom is 0.240 e. The summed E-state index contributed by atoms with van der Waals surface area (Å²) in [6.07, 6.45) is 0.508. The number of nitrogens with zero attached hydrogens (tertiary/aromatic N) is 2. The van der Waals surface area contributed by atoms with E-state index in [2.05, 4.69) is 10.4 Å². The van der Waals surface area contributed by atoms with Crippen LogP contribution in [0.4, 0.5) is 5.82 Å². The summed E-state index contributed by atoms with van der Waals surface area (Å²) in [5.74, 6) is 0.695. The summed E-state index contributed by atoms with van der Waals surface area (Å²) in [7, 11) is 0. The number of carbonyl (C=O) groups is 1. The minimum atomic E-state index is 0.0155. The smallest absolute Gasteiger partial charge is 0.240 e. The Balaban J connectivity index is 2.21. The summed E-state index contributed by atoms with van der Waals surface area (Å²) in [4.78, 5) is 15.0. The SMILES string of the molecule is O=C1CCN(c2cccc(Cl)n2)N1. The van der Waals surface area contributed by atoms with Gasteiger partial charge in [0.05, 0.1) is 0 Å². The third kappa shape index (κ3) is 1.72. The molecule has 5 heteroatoms. The monoisotopic (exact) mass is 197 g/mol. The molecule has 0 spiro atoms. The lowest BCUT2D eigenvalue weighted by Crippen LogP contribution is -2.33. The van der Waals surface area contributed by atoms with Crippen LogP contribution >= 0.6 is 11.6 Å². The molecule has 0 bridgehead atoms. The van der Waals surface area contributed by atoms with Crippen molar-refractivity contribution in [2.24, 2.45) is 0 Å². The summed E-state index contributed by atoms with van der Waals surface area (Å²) in [5.41, 5.74) is 2.67. The predicted octanol–water partition coefficient (Wildman–Crippen LogP) is 0.976. The molecule has 4 nitrogen and oxygen atoms in total. The molecule has 0 unspecified atom stereocenters. The van der Waals surface area contributed by atoms with E-state index in [0.29, 0.717) is 23.9 Å². The van der Waals surface area contributed by atoms with E-state index in [0.717, 1.165) is 0 Å². The number of halogens is 1. The van der Waals surface area contributed by atoms with Crippen molar-refractivity contribution in [2.45, 2.75) is 6.42 Å². The van der Waals surface area contributed by atoms with Gasteiger partial charge < -0.3 is 0 Å². The summed E-state index contributed by atoms with van der Waals surface area (Å²) in [5, 5.41) is 2.12. The Kier molecular flexibility index (Phi) is 2.06. The van der Waals surface area contributed by atoms with Crippen molar-refractivity contribution in [2.75, 3.05) is 11.6 Å². The molecule has 1 fully saturated rings. The van der Waals surface area contributed by atoms with Gasteiger partial charge in [0, 0.05) is 13.0 Å². The Morgan fingerprint density at radius 1 is 1.54 bits per heavy atom. The van der Waals surface area contributed by atoms with Gasteiger partial charge in [0.2, 0.25) is 5.91 Å². The lowest BCUT2D eigenvalue weighted by atomic mass is 10.4. The molecule has 2 rings (SSSR count). The molecule has 1 aromatic heterocycles. The van der Waals surface area contributed by atoms with Gasteiger partial charge in [0.25, 0.3) is 0 Å². The maximum absolute atomic E-state index is 10.9. The average Bonchev–Trinajstić information content (AvgIpc) is 2.52. The van der Waals surface area contributed by atoms with Crippen LogP contribution in [-0.2, 0) is 4.79 Å². The third-order valence-corrected chi connectivity index (χ3v) is 2.01. The summed E-state index contributed by atoms with van der Waals surface area (Å²) in [6.45, 7) is 0.645. The highest BCUT2D eigenvalue weighted by molar-refractivity contribution is 6.29. The van der Waals surface area contributed by atoms with Gasteiger partial charge in [-0.05, 0) is 12.1 Å². The van der Waals surface area contributed by atoms with Gasteiger partial charge in [-0.2, -0.15) is 0 Å². The second-order valence-electron chi connectivity index (χ2n) is 2.76. The number of rotatable bonds is 1. The van der Waals surface area contributed by atoms with Crippen molar-refractivity contribution in [1.29, 1.82) is 0 Å². The molecule has 2 heterocycles. The zero-order valence-electron chi connectivity index (χ0n) is 6.83. The number of carbonyl (C=O) groups excluding carboxylic acids is 1. The number of amides is 1. The fourth-order valence-corrected chi connectivity index (χ4v) is 1.35. The van der Waals surface area contributed by atoms with Crippen molar-refractivity contribution in [3.63, 3.8) is 0 Å². The van der Waals surface area contributed by atoms with Crippen LogP contribution in [0.25, 0.3) is 0 Å². The van der Waals surface area contributed by atoms with Crippen LogP contribution in [0, 0.1) is 0 Å². The first kappa shape index (κ1) is 8.31. The molecule has 0 aliphatic carbocycles. The van der Waals surface area contributed by atoms with E-state index >= 15 is 0 Å². The van der Waals surface area contributed by atoms with Crippen LogP contribution in [0.1, 0.15) is 6.42 Å². The first-order valence-electron chi connectivity index (χ1n) is 3.95. The molecule has 13 heavy (non-hydrogen) atoms. The van der Waals surface area contributed by atoms with E-state index in [9.17, 15) is 4.79 Å². The predicted molar refractivity (Wildman–Crippen MR) is 49.4 cm³/mol. The molecule has 0 saturated carbocycles. The molecule has 1 aliphatic heterocycles. The molecule has 1 aromatic rings. The number of hydrogen-bond donors (Lipinski definition) is 1. The van der Waals surface area contributed by atoms with Gasteiger partial charge >= 0.3 is 0 Å². The molecule has 0 atom stereocenters. The Bertz CT molecular complexity index is 342. The van der Waals surface area contributed by atoms with Crippen LogP contribution in [0.5, 0.6) is 0 Å². The Labute approximate surface area is 80.5 Å². The Morgan fingerprint density at radius 3 is 3.00 bits per heavy atom. The molecule has 0 aromatic carbocycles. The maximum atomic E-state index is 10.9. The molecule has 1 amide bonds. The molecular weight excluding hydrogens is 190 g/mol. The van der Waals surface area contributed by atoms with Gasteiger partial charge in [-0.25, -0.2) is 4.98 Å². The van der Waals surface area contributed by atoms with Gasteiger partial charge in [-0.3, -0.25) is 15.2 Å². The van der Waals surface area contributed by atoms with Gasteiger partial charge in [-0.1, -0.05) is 17.7 Å². The third-order valence-electron chi connectivity index (χ3n) is 1.80. The molecule has 68 valence electrons. The van der Waals surface area contributed by atoms with Crippen LogP contribution in [-0.4, -0.2) is 17.4 Å². The van der Waals surface area contributed by atoms with E-state index in [1.165, 1.54) is 0 Å². The van der Waals surface area contributed by atoms with Crippen LogP contribution < -0.4 is 10.4 Å². The highest BCUT2D eigenvalue weighted by atomic mass is 35.5. The molecule has 1 N–H and O–H groups in total. The lowest BCUT2D eigenvalue weighted by Gasteiger charge is -2.15. The molecule has 1 saturated heterocycles. The van der Waals surface area contributed by atoms with E-state index < -0.39 is 0 Å². The number of aromatic nitrogens is 1. The van der Waals surface area contributed by atoms with Crippen molar-refractivity contribution in [3.05, 3.63) is 23.4 Å². The largest absolute Gasteiger partial charge is 0.273 e. The highest BCUT2D eigenvalue weighted by Gasteiger charge is 2.19. The summed E-state index contributed by atoms with van der Waals surface area (Å²) >= 11 is 5.71. The first-order valence-corrected chi connectivity index (χ1v) is 4.33. The van der Waals surface area contributed by atoms with E-state index in [1.807, 2.05) is 0 Å². The van der Waals surface area contributed by atoms with Crippen LogP contribution in [0.15, 0.2) is 18.2 Å². The van der Waals surface area contributed by atoms with Crippen LogP contribution in [0.3, 0.4) is 0 Å². The number of hydrogen-bond acceptors (Lipinski definition) is 3. The van der Waals surface area contributed by atoms with Gasteiger partial charge in [0.1, 0.15) is 11.0 Å². The molecule has 1 aliphatic rings. The minimum absolute atomic E-state index is 0.0155. The zero-order chi connectivity index (χ0) is 9.26. The van der Waals surface area contributed by atoms with Crippen molar-refractivity contribution >= 4 is 23.3 Å². The molecule has 0 radical (unpaired) electrons. The van der Waals surface area contributed by atoms with Gasteiger partial charge in [0.15, 0.2) is 0 Å². The number of anilines is 1. The van der Waals surface area contributed by atoms with Crippen LogP contribution in [0.2, 0.25) is 5.15 Å². The zero-order valence-corrected chi connectivity index (χ0v) is 7.58. The van der Waals surface area contributed by atoms with Crippen molar-refractivity contribution in [1.82, 2.24) is 10.4 Å². The second kappa shape index (κ2) is 3.22. The fraction of sp³-hybridized carbons (Fsp3) is 0.250. The standard InChI is InChI=1S/C8H8ClN3O/c9-6-2-1-3-7(10-6)12-5-4-8(13)11-12/h1-3H,4-5H2,(H,11,13). The van der Waals surface area contributed by atoms with E-state index in [4.69, 9.17) is 11.6 Å². The fourth-order valence-electron chi connectivity index (χ4n) is 1.20. The normalized spacial score (nSPS) is 16.1. The Hall–Kier alpha value is -1.29. The van der Waals surface area contributed by atoms with Crippen molar-refractivity contribution < 1.29 is 4.79 Å². The Morgan fingerprint density at radius 2 is 2.38 bits per heavy atom. The van der Waals surface area contributed by atoms with Gasteiger partial charge in [-0.15, -0.1) is 0 Å².